The van der Waals surface area contributed by atoms with Crippen LogP contribution in [0.3, 0.4) is 0 Å². The smallest absolute Gasteiger partial charge is 0.148 e. The molecule has 1 N–H and O–H groups in total. The summed E-state index contributed by atoms with van der Waals surface area (Å²) >= 11 is 5.96. The molecule has 80 valence electrons. The van der Waals surface area contributed by atoms with Crippen molar-refractivity contribution < 1.29 is 4.74 Å². The second-order valence-electron chi connectivity index (χ2n) is 3.78. The molecule has 0 unspecified atom stereocenters. The van der Waals surface area contributed by atoms with Crippen LogP contribution in [0.4, 0.5) is 0 Å². The first-order chi connectivity index (χ1) is 7.11. The Balaban J connectivity index is 2.68. The molecule has 15 heavy (non-hydrogen) atoms. The van der Waals surface area contributed by atoms with Gasteiger partial charge in [-0.15, -0.1) is 0 Å². The zero-order chi connectivity index (χ0) is 11.0. The number of nitrogens with one attached hydrogen (secondary N) is 1. The largest absolute Gasteiger partial charge is 0.494 e. The zero-order valence-corrected chi connectivity index (χ0v) is 9.72. The molecule has 4 heteroatoms. The fraction of sp³-hybridized carbons (Fsp3) is 0.364. The number of hydrogen-bond acceptors (Lipinski definition) is 2. The van der Waals surface area contributed by atoms with Gasteiger partial charge in [-0.1, -0.05) is 25.4 Å². The lowest BCUT2D eigenvalue weighted by molar-refractivity contribution is 0.419. The first-order valence-electron chi connectivity index (χ1n) is 4.85. The van der Waals surface area contributed by atoms with Gasteiger partial charge in [0.25, 0.3) is 0 Å². The Morgan fingerprint density at radius 3 is 2.73 bits per heavy atom. The predicted octanol–water partition coefficient (Wildman–Crippen LogP) is 3.35. The van der Waals surface area contributed by atoms with E-state index in [1.807, 2.05) is 6.07 Å². The summed E-state index contributed by atoms with van der Waals surface area (Å²) in [6.07, 6.45) is 0. The third-order valence-electron chi connectivity index (χ3n) is 2.30. The van der Waals surface area contributed by atoms with E-state index in [4.69, 9.17) is 16.3 Å². The summed E-state index contributed by atoms with van der Waals surface area (Å²) < 4.78 is 5.23. The second kappa shape index (κ2) is 3.74. The van der Waals surface area contributed by atoms with Crippen molar-refractivity contribution in [2.24, 2.45) is 0 Å². The van der Waals surface area contributed by atoms with Crippen LogP contribution in [-0.4, -0.2) is 17.1 Å². The molecule has 0 radical (unpaired) electrons. The first-order valence-corrected chi connectivity index (χ1v) is 5.22. The maximum atomic E-state index is 5.96. The second-order valence-corrected chi connectivity index (χ2v) is 4.22. The lowest BCUT2D eigenvalue weighted by Gasteiger charge is -2.00. The van der Waals surface area contributed by atoms with Crippen LogP contribution < -0.4 is 4.74 Å². The van der Waals surface area contributed by atoms with Gasteiger partial charge in [-0.05, 0) is 6.07 Å². The number of halogens is 1. The van der Waals surface area contributed by atoms with E-state index >= 15 is 0 Å². The molecule has 1 heterocycles. The van der Waals surface area contributed by atoms with Gasteiger partial charge in [-0.25, -0.2) is 4.98 Å². The number of aromatic amines is 1. The average Bonchev–Trinajstić information content (AvgIpc) is 2.59. The molecule has 0 atom stereocenters. The van der Waals surface area contributed by atoms with Crippen LogP contribution in [-0.2, 0) is 0 Å². The van der Waals surface area contributed by atoms with Crippen molar-refractivity contribution in [1.29, 1.82) is 0 Å². The van der Waals surface area contributed by atoms with Gasteiger partial charge in [-0.2, -0.15) is 0 Å². The van der Waals surface area contributed by atoms with Crippen LogP contribution in [0, 0.1) is 0 Å². The molecule has 2 rings (SSSR count). The predicted molar refractivity (Wildman–Crippen MR) is 61.7 cm³/mol. The van der Waals surface area contributed by atoms with Gasteiger partial charge >= 0.3 is 0 Å². The molecule has 1 aromatic heterocycles. The van der Waals surface area contributed by atoms with E-state index in [1.165, 1.54) is 0 Å². The van der Waals surface area contributed by atoms with E-state index in [9.17, 15) is 0 Å². The number of hydrogen-bond donors (Lipinski definition) is 1. The molecular formula is C11H13ClN2O. The van der Waals surface area contributed by atoms with E-state index in [0.717, 1.165) is 16.9 Å². The van der Waals surface area contributed by atoms with Crippen molar-refractivity contribution in [2.45, 2.75) is 19.8 Å². The highest BCUT2D eigenvalue weighted by Crippen LogP contribution is 2.29. The van der Waals surface area contributed by atoms with Gasteiger partial charge in [0.05, 0.1) is 12.6 Å². The van der Waals surface area contributed by atoms with Crippen molar-refractivity contribution in [2.75, 3.05) is 7.11 Å². The summed E-state index contributed by atoms with van der Waals surface area (Å²) in [6, 6.07) is 3.63. The number of aromatic nitrogens is 2. The molecule has 0 bridgehead atoms. The molecule has 0 fully saturated rings. The van der Waals surface area contributed by atoms with E-state index in [2.05, 4.69) is 23.8 Å². The Morgan fingerprint density at radius 2 is 2.13 bits per heavy atom. The van der Waals surface area contributed by atoms with Crippen LogP contribution >= 0.6 is 11.6 Å². The van der Waals surface area contributed by atoms with Crippen LogP contribution in [0.1, 0.15) is 25.6 Å². The molecule has 0 aliphatic rings. The Hall–Kier alpha value is -1.22. The molecule has 3 nitrogen and oxygen atoms in total. The monoisotopic (exact) mass is 224 g/mol. The molecule has 0 saturated carbocycles. The van der Waals surface area contributed by atoms with Crippen LogP contribution in [0.2, 0.25) is 5.02 Å². The average molecular weight is 225 g/mol. The van der Waals surface area contributed by atoms with Gasteiger partial charge < -0.3 is 9.72 Å². The molecule has 0 spiro atoms. The number of rotatable bonds is 2. The van der Waals surface area contributed by atoms with E-state index in [1.54, 1.807) is 13.2 Å². The number of benzene rings is 1. The van der Waals surface area contributed by atoms with Crippen molar-refractivity contribution >= 4 is 22.6 Å². The van der Waals surface area contributed by atoms with Gasteiger partial charge in [0.1, 0.15) is 17.1 Å². The van der Waals surface area contributed by atoms with Gasteiger partial charge in [-0.3, -0.25) is 0 Å². The van der Waals surface area contributed by atoms with Crippen LogP contribution in [0.15, 0.2) is 12.1 Å². The summed E-state index contributed by atoms with van der Waals surface area (Å²) in [5.41, 5.74) is 1.76. The SMILES string of the molecule is COc1cc(Cl)cc2[nH]c(C(C)C)nc12. The minimum Gasteiger partial charge on any atom is -0.494 e. The third-order valence-corrected chi connectivity index (χ3v) is 2.52. The zero-order valence-electron chi connectivity index (χ0n) is 8.97. The number of fused-ring (bicyclic) bond motifs is 1. The number of nitrogens with zero attached hydrogens (tertiary/aromatic N) is 1. The first kappa shape index (κ1) is 10.3. The number of ether oxygens (including phenoxy) is 1. The normalized spacial score (nSPS) is 11.3. The molecule has 0 aliphatic heterocycles. The maximum absolute atomic E-state index is 5.96. The minimum atomic E-state index is 0.362. The maximum Gasteiger partial charge on any atom is 0.148 e. The molecule has 2 aromatic rings. The fourth-order valence-corrected chi connectivity index (χ4v) is 1.71. The van der Waals surface area contributed by atoms with Crippen molar-refractivity contribution in [3.8, 4) is 5.75 Å². The molecule has 1 aromatic carbocycles. The summed E-state index contributed by atoms with van der Waals surface area (Å²) in [4.78, 5) is 7.72. The van der Waals surface area contributed by atoms with Crippen molar-refractivity contribution in [1.82, 2.24) is 9.97 Å². The Morgan fingerprint density at radius 1 is 1.40 bits per heavy atom. The summed E-state index contributed by atoms with van der Waals surface area (Å²) in [6.45, 7) is 4.18. The molecular weight excluding hydrogens is 212 g/mol. The summed E-state index contributed by atoms with van der Waals surface area (Å²) in [5, 5.41) is 0.651. The lowest BCUT2D eigenvalue weighted by atomic mass is 10.2. The highest BCUT2D eigenvalue weighted by Gasteiger charge is 2.11. The number of imidazole rings is 1. The third kappa shape index (κ3) is 1.79. The number of H-pyrrole nitrogens is 1. The Bertz CT molecular complexity index is 491. The molecule has 0 amide bonds. The Labute approximate surface area is 93.4 Å². The minimum absolute atomic E-state index is 0.362. The standard InChI is InChI=1S/C11H13ClN2O/c1-6(2)11-13-8-4-7(12)5-9(15-3)10(8)14-11/h4-6H,1-3H3,(H,13,14). The number of methoxy groups -OCH3 is 1. The Kier molecular flexibility index (Phi) is 2.57. The van der Waals surface area contributed by atoms with Crippen LogP contribution in [0.25, 0.3) is 11.0 Å². The summed E-state index contributed by atoms with van der Waals surface area (Å²) in [5.74, 6) is 2.02. The van der Waals surface area contributed by atoms with Gasteiger partial charge in [0, 0.05) is 17.0 Å². The van der Waals surface area contributed by atoms with Gasteiger partial charge in [0.2, 0.25) is 0 Å². The topological polar surface area (TPSA) is 37.9 Å². The van der Waals surface area contributed by atoms with Gasteiger partial charge in [0.15, 0.2) is 0 Å². The van der Waals surface area contributed by atoms with Crippen molar-refractivity contribution in [3.05, 3.63) is 23.0 Å². The molecule has 0 aliphatic carbocycles. The summed E-state index contributed by atoms with van der Waals surface area (Å²) in [7, 11) is 1.62. The van der Waals surface area contributed by atoms with E-state index < -0.39 is 0 Å². The van der Waals surface area contributed by atoms with E-state index in [0.29, 0.717) is 16.7 Å². The fourth-order valence-electron chi connectivity index (χ4n) is 1.50. The molecule has 0 saturated heterocycles. The van der Waals surface area contributed by atoms with Crippen molar-refractivity contribution in [3.63, 3.8) is 0 Å². The highest BCUT2D eigenvalue weighted by atomic mass is 35.5. The van der Waals surface area contributed by atoms with E-state index in [-0.39, 0.29) is 0 Å². The van der Waals surface area contributed by atoms with Crippen LogP contribution in [0.5, 0.6) is 5.75 Å². The quantitative estimate of drug-likeness (QED) is 0.850. The highest BCUT2D eigenvalue weighted by molar-refractivity contribution is 6.31. The lowest BCUT2D eigenvalue weighted by Crippen LogP contribution is -1.88.